The summed E-state index contributed by atoms with van der Waals surface area (Å²) < 4.78 is 0. The van der Waals surface area contributed by atoms with E-state index in [1.807, 2.05) is 6.26 Å². The van der Waals surface area contributed by atoms with Crippen molar-refractivity contribution in [1.29, 1.82) is 0 Å². The number of nitrogens with one attached hydrogen (secondary N) is 1. The summed E-state index contributed by atoms with van der Waals surface area (Å²) in [4.78, 5) is 26.4. The Hall–Kier alpha value is -1.76. The van der Waals surface area contributed by atoms with Gasteiger partial charge >= 0.3 is 5.97 Å². The number of hydrogen-bond donors (Lipinski definition) is 3. The summed E-state index contributed by atoms with van der Waals surface area (Å²) in [5.41, 5.74) is -0.173. The quantitative estimate of drug-likeness (QED) is 0.704. The molecule has 7 heteroatoms. The summed E-state index contributed by atoms with van der Waals surface area (Å²) in [5.74, 6) is -1.45. The fourth-order valence-corrected chi connectivity index (χ4v) is 1.76. The molecule has 0 spiro atoms. The molecule has 1 aromatic heterocycles. The second kappa shape index (κ2) is 6.85. The third-order valence-electron chi connectivity index (χ3n) is 2.22. The predicted molar refractivity (Wildman–Crippen MR) is 67.8 cm³/mol. The summed E-state index contributed by atoms with van der Waals surface area (Å²) in [7, 11) is 0. The Labute approximate surface area is 108 Å². The normalized spacial score (nSPS) is 11.8. The summed E-state index contributed by atoms with van der Waals surface area (Å²) in [6.07, 6.45) is 3.52. The van der Waals surface area contributed by atoms with Crippen LogP contribution in [0.2, 0.25) is 0 Å². The van der Waals surface area contributed by atoms with Crippen LogP contribution in [0.5, 0.6) is 5.75 Å². The number of carbonyl (C=O) groups is 2. The largest absolute Gasteiger partial charge is 0.505 e. The molecule has 98 valence electrons. The lowest BCUT2D eigenvalue weighted by molar-refractivity contribution is -0.139. The van der Waals surface area contributed by atoms with Crippen LogP contribution in [0, 0.1) is 0 Å². The molecule has 1 heterocycles. The molecule has 0 bridgehead atoms. The van der Waals surface area contributed by atoms with Gasteiger partial charge in [-0.2, -0.15) is 11.8 Å². The molecule has 0 aliphatic rings. The molecule has 1 aromatic rings. The number of aromatic hydroxyl groups is 1. The maximum atomic E-state index is 11.7. The lowest BCUT2D eigenvalue weighted by Gasteiger charge is -2.13. The first-order valence-corrected chi connectivity index (χ1v) is 6.62. The zero-order valence-corrected chi connectivity index (χ0v) is 10.6. The molecular weight excluding hydrogens is 256 g/mol. The number of hydrogen-bond acceptors (Lipinski definition) is 5. The van der Waals surface area contributed by atoms with Gasteiger partial charge in [-0.1, -0.05) is 0 Å². The van der Waals surface area contributed by atoms with Crippen molar-refractivity contribution in [3.05, 3.63) is 24.0 Å². The number of thioether (sulfide) groups is 1. The molecule has 0 aromatic carbocycles. The van der Waals surface area contributed by atoms with E-state index in [9.17, 15) is 14.7 Å². The van der Waals surface area contributed by atoms with Crippen molar-refractivity contribution in [3.8, 4) is 5.75 Å². The molecule has 1 amide bonds. The Morgan fingerprint density at radius 2 is 2.28 bits per heavy atom. The summed E-state index contributed by atoms with van der Waals surface area (Å²) in [6, 6.07) is 1.82. The Balaban J connectivity index is 2.72. The molecule has 0 fully saturated rings. The Morgan fingerprint density at radius 1 is 1.56 bits per heavy atom. The van der Waals surface area contributed by atoms with Crippen LogP contribution in [0.1, 0.15) is 16.9 Å². The van der Waals surface area contributed by atoms with Crippen LogP contribution in [-0.4, -0.2) is 45.1 Å². The Kier molecular flexibility index (Phi) is 5.44. The number of carboxylic acid groups (broad SMARTS) is 1. The summed E-state index contributed by atoms with van der Waals surface area (Å²) in [6.45, 7) is 0. The first-order valence-electron chi connectivity index (χ1n) is 5.23. The number of aromatic nitrogens is 1. The van der Waals surface area contributed by atoms with Gasteiger partial charge in [0.2, 0.25) is 0 Å². The second-order valence-corrected chi connectivity index (χ2v) is 4.50. The number of rotatable bonds is 6. The van der Waals surface area contributed by atoms with Gasteiger partial charge in [0.05, 0.1) is 0 Å². The zero-order chi connectivity index (χ0) is 13.5. The first-order chi connectivity index (χ1) is 8.56. The van der Waals surface area contributed by atoms with Crippen molar-refractivity contribution in [3.63, 3.8) is 0 Å². The van der Waals surface area contributed by atoms with Gasteiger partial charge in [0, 0.05) is 6.20 Å². The average Bonchev–Trinajstić information content (AvgIpc) is 2.34. The van der Waals surface area contributed by atoms with E-state index in [1.165, 1.54) is 30.1 Å². The van der Waals surface area contributed by atoms with Crippen LogP contribution in [-0.2, 0) is 4.79 Å². The highest BCUT2D eigenvalue weighted by molar-refractivity contribution is 7.98. The van der Waals surface area contributed by atoms with Gasteiger partial charge in [-0.3, -0.25) is 4.79 Å². The molecule has 0 radical (unpaired) electrons. The van der Waals surface area contributed by atoms with Gasteiger partial charge in [-0.15, -0.1) is 0 Å². The Morgan fingerprint density at radius 3 is 2.83 bits per heavy atom. The van der Waals surface area contributed by atoms with Crippen LogP contribution in [0.25, 0.3) is 0 Å². The topological polar surface area (TPSA) is 99.5 Å². The van der Waals surface area contributed by atoms with E-state index in [0.717, 1.165) is 0 Å². The highest BCUT2D eigenvalue weighted by Crippen LogP contribution is 2.12. The van der Waals surface area contributed by atoms with E-state index in [1.54, 1.807) is 0 Å². The van der Waals surface area contributed by atoms with Crippen molar-refractivity contribution in [1.82, 2.24) is 10.3 Å². The number of aliphatic carboxylic acids is 1. The maximum absolute atomic E-state index is 11.7. The van der Waals surface area contributed by atoms with Crippen LogP contribution in [0.4, 0.5) is 0 Å². The molecule has 0 aliphatic carbocycles. The van der Waals surface area contributed by atoms with Crippen LogP contribution in [0.3, 0.4) is 0 Å². The van der Waals surface area contributed by atoms with Gasteiger partial charge in [-0.25, -0.2) is 9.78 Å². The highest BCUT2D eigenvalue weighted by atomic mass is 32.2. The Bertz CT molecular complexity index is 439. The molecule has 0 aliphatic heterocycles. The predicted octanol–water partition coefficient (Wildman–Crippen LogP) is 0.723. The monoisotopic (exact) mass is 270 g/mol. The third-order valence-corrected chi connectivity index (χ3v) is 2.86. The average molecular weight is 270 g/mol. The number of carboxylic acids is 1. The number of pyridine rings is 1. The van der Waals surface area contributed by atoms with E-state index in [4.69, 9.17) is 5.11 Å². The smallest absolute Gasteiger partial charge is 0.326 e. The molecule has 0 unspecified atom stereocenters. The van der Waals surface area contributed by atoms with Crippen LogP contribution >= 0.6 is 11.8 Å². The van der Waals surface area contributed by atoms with Crippen molar-refractivity contribution < 1.29 is 19.8 Å². The second-order valence-electron chi connectivity index (χ2n) is 3.52. The van der Waals surface area contributed by atoms with E-state index in [0.29, 0.717) is 12.2 Å². The molecule has 1 atom stereocenters. The van der Waals surface area contributed by atoms with E-state index in [2.05, 4.69) is 10.3 Å². The lowest BCUT2D eigenvalue weighted by atomic mass is 10.2. The SMILES string of the molecule is CSCC[C@@H](NC(=O)c1ncccc1O)C(=O)O. The molecule has 18 heavy (non-hydrogen) atoms. The van der Waals surface area contributed by atoms with Crippen LogP contribution in [0.15, 0.2) is 18.3 Å². The van der Waals surface area contributed by atoms with Gasteiger partial charge < -0.3 is 15.5 Å². The molecule has 0 saturated heterocycles. The molecule has 0 saturated carbocycles. The van der Waals surface area contributed by atoms with Gasteiger partial charge in [0.1, 0.15) is 11.8 Å². The fraction of sp³-hybridized carbons (Fsp3) is 0.364. The zero-order valence-electron chi connectivity index (χ0n) is 9.79. The van der Waals surface area contributed by atoms with Crippen molar-refractivity contribution in [2.45, 2.75) is 12.5 Å². The fourth-order valence-electron chi connectivity index (χ4n) is 1.29. The van der Waals surface area contributed by atoms with Crippen molar-refractivity contribution in [2.24, 2.45) is 0 Å². The summed E-state index contributed by atoms with van der Waals surface area (Å²) in [5, 5.41) is 20.7. The van der Waals surface area contributed by atoms with Crippen LogP contribution < -0.4 is 5.32 Å². The van der Waals surface area contributed by atoms with E-state index in [-0.39, 0.29) is 11.4 Å². The number of amides is 1. The lowest BCUT2D eigenvalue weighted by Crippen LogP contribution is -2.41. The molecular formula is C11H14N2O4S. The minimum absolute atomic E-state index is 0.173. The van der Waals surface area contributed by atoms with E-state index < -0.39 is 17.9 Å². The summed E-state index contributed by atoms with van der Waals surface area (Å²) >= 11 is 1.49. The van der Waals surface area contributed by atoms with Crippen molar-refractivity contribution >= 4 is 23.6 Å². The minimum atomic E-state index is -1.10. The van der Waals surface area contributed by atoms with Crippen molar-refractivity contribution in [2.75, 3.05) is 12.0 Å². The van der Waals surface area contributed by atoms with Gasteiger partial charge in [-0.05, 0) is 30.6 Å². The van der Waals surface area contributed by atoms with Gasteiger partial charge in [0.25, 0.3) is 5.91 Å². The first kappa shape index (κ1) is 14.3. The highest BCUT2D eigenvalue weighted by Gasteiger charge is 2.22. The molecule has 6 nitrogen and oxygen atoms in total. The minimum Gasteiger partial charge on any atom is -0.505 e. The number of nitrogens with zero attached hydrogens (tertiary/aromatic N) is 1. The number of carbonyl (C=O) groups excluding carboxylic acids is 1. The molecule has 1 rings (SSSR count). The van der Waals surface area contributed by atoms with Gasteiger partial charge in [0.15, 0.2) is 5.69 Å². The third kappa shape index (κ3) is 3.92. The maximum Gasteiger partial charge on any atom is 0.326 e. The standard InChI is InChI=1S/C11H14N2O4S/c1-18-6-4-7(11(16)17)13-10(15)9-8(14)3-2-5-12-9/h2-3,5,7,14H,4,6H2,1H3,(H,13,15)(H,16,17)/t7-/m1/s1. The molecule has 3 N–H and O–H groups in total. The van der Waals surface area contributed by atoms with E-state index >= 15 is 0 Å².